The first-order chi connectivity index (χ1) is 11.8. The summed E-state index contributed by atoms with van der Waals surface area (Å²) in [5.41, 5.74) is 0.648. The second-order valence-corrected chi connectivity index (χ2v) is 5.94. The third-order valence-electron chi connectivity index (χ3n) is 4.36. The first-order valence-electron chi connectivity index (χ1n) is 8.17. The topological polar surface area (TPSA) is 58.1 Å². The van der Waals surface area contributed by atoms with Crippen molar-refractivity contribution in [2.45, 2.75) is 12.8 Å². The lowest BCUT2D eigenvalue weighted by atomic mass is 10.0. The summed E-state index contributed by atoms with van der Waals surface area (Å²) in [6, 6.07) is 15.4. The summed E-state index contributed by atoms with van der Waals surface area (Å²) >= 11 is 0. The van der Waals surface area contributed by atoms with Crippen LogP contribution in [0.1, 0.15) is 23.2 Å². The van der Waals surface area contributed by atoms with Gasteiger partial charge in [0, 0.05) is 24.7 Å². The number of amides is 1. The third kappa shape index (κ3) is 2.80. The molecule has 1 aromatic heterocycles. The van der Waals surface area contributed by atoms with Crippen LogP contribution >= 0.6 is 0 Å². The van der Waals surface area contributed by atoms with Crippen LogP contribution in [0.25, 0.3) is 10.8 Å². The van der Waals surface area contributed by atoms with Gasteiger partial charge in [0.15, 0.2) is 0 Å². The zero-order chi connectivity index (χ0) is 16.4. The molecule has 120 valence electrons. The van der Waals surface area contributed by atoms with Gasteiger partial charge < -0.3 is 10.2 Å². The first-order valence-corrected chi connectivity index (χ1v) is 8.17. The molecule has 0 aliphatic carbocycles. The Hall–Kier alpha value is -2.95. The van der Waals surface area contributed by atoms with Gasteiger partial charge in [-0.05, 0) is 29.7 Å². The van der Waals surface area contributed by atoms with Gasteiger partial charge in [0.25, 0.3) is 5.91 Å². The maximum Gasteiger partial charge on any atom is 0.257 e. The normalized spacial score (nSPS) is 14.1. The fourth-order valence-corrected chi connectivity index (χ4v) is 3.14. The second kappa shape index (κ2) is 6.28. The van der Waals surface area contributed by atoms with E-state index in [-0.39, 0.29) is 5.91 Å². The van der Waals surface area contributed by atoms with Crippen molar-refractivity contribution < 1.29 is 4.79 Å². The van der Waals surface area contributed by atoms with Gasteiger partial charge in [-0.25, -0.2) is 9.97 Å². The summed E-state index contributed by atoms with van der Waals surface area (Å²) in [5.74, 6) is 1.25. The minimum atomic E-state index is -0.155. The number of nitrogens with one attached hydrogen (secondary N) is 1. The Morgan fingerprint density at radius 1 is 1.00 bits per heavy atom. The van der Waals surface area contributed by atoms with Gasteiger partial charge in [0.1, 0.15) is 18.0 Å². The fourth-order valence-electron chi connectivity index (χ4n) is 3.14. The van der Waals surface area contributed by atoms with E-state index in [1.54, 1.807) is 0 Å². The Morgan fingerprint density at radius 3 is 2.67 bits per heavy atom. The molecule has 0 atom stereocenters. The molecule has 1 aliphatic rings. The predicted octanol–water partition coefficient (Wildman–Crippen LogP) is 3.48. The highest BCUT2D eigenvalue weighted by Gasteiger charge is 2.15. The molecule has 2 aromatic carbocycles. The highest BCUT2D eigenvalue weighted by molar-refractivity contribution is 6.12. The van der Waals surface area contributed by atoms with Crippen molar-refractivity contribution in [1.29, 1.82) is 0 Å². The van der Waals surface area contributed by atoms with Crippen LogP contribution < -0.4 is 10.2 Å². The van der Waals surface area contributed by atoms with Crippen molar-refractivity contribution in [3.05, 3.63) is 60.4 Å². The Balaban J connectivity index is 1.60. The van der Waals surface area contributed by atoms with Crippen LogP contribution in [0.4, 0.5) is 11.6 Å². The van der Waals surface area contributed by atoms with E-state index >= 15 is 0 Å². The molecule has 2 heterocycles. The minimum Gasteiger partial charge on any atom is -0.356 e. The monoisotopic (exact) mass is 318 g/mol. The largest absolute Gasteiger partial charge is 0.356 e. The van der Waals surface area contributed by atoms with Crippen molar-refractivity contribution in [2.75, 3.05) is 23.3 Å². The van der Waals surface area contributed by atoms with Gasteiger partial charge in [-0.15, -0.1) is 0 Å². The predicted molar refractivity (Wildman–Crippen MR) is 95.4 cm³/mol. The maximum absolute atomic E-state index is 12.7. The number of rotatable bonds is 3. The average molecular weight is 318 g/mol. The summed E-state index contributed by atoms with van der Waals surface area (Å²) in [7, 11) is 0. The van der Waals surface area contributed by atoms with E-state index in [1.807, 2.05) is 48.5 Å². The summed E-state index contributed by atoms with van der Waals surface area (Å²) in [6.07, 6.45) is 3.87. The molecule has 24 heavy (non-hydrogen) atoms. The van der Waals surface area contributed by atoms with Gasteiger partial charge in [-0.2, -0.15) is 0 Å². The number of fused-ring (bicyclic) bond motifs is 1. The number of hydrogen-bond donors (Lipinski definition) is 1. The highest BCUT2D eigenvalue weighted by atomic mass is 16.1. The Morgan fingerprint density at radius 2 is 1.79 bits per heavy atom. The molecule has 5 nitrogen and oxygen atoms in total. The molecule has 1 aliphatic heterocycles. The molecule has 0 radical (unpaired) electrons. The number of aromatic nitrogens is 2. The van der Waals surface area contributed by atoms with Crippen LogP contribution in [0.2, 0.25) is 0 Å². The van der Waals surface area contributed by atoms with Crippen LogP contribution in [0.15, 0.2) is 54.9 Å². The van der Waals surface area contributed by atoms with E-state index in [2.05, 4.69) is 20.2 Å². The van der Waals surface area contributed by atoms with Crippen molar-refractivity contribution in [1.82, 2.24) is 9.97 Å². The van der Waals surface area contributed by atoms with E-state index < -0.39 is 0 Å². The number of carbonyl (C=O) groups is 1. The first kappa shape index (κ1) is 14.6. The lowest BCUT2D eigenvalue weighted by Gasteiger charge is -2.16. The van der Waals surface area contributed by atoms with Crippen LogP contribution in [0.5, 0.6) is 0 Å². The smallest absolute Gasteiger partial charge is 0.257 e. The van der Waals surface area contributed by atoms with Gasteiger partial charge in [0.05, 0.1) is 0 Å². The Kier molecular flexibility index (Phi) is 3.83. The van der Waals surface area contributed by atoms with Gasteiger partial charge in [0.2, 0.25) is 0 Å². The molecule has 1 amide bonds. The molecule has 1 N–H and O–H groups in total. The quantitative estimate of drug-likeness (QED) is 0.803. The van der Waals surface area contributed by atoms with Crippen LogP contribution in [-0.2, 0) is 0 Å². The summed E-state index contributed by atoms with van der Waals surface area (Å²) in [4.78, 5) is 23.4. The number of benzene rings is 2. The molecule has 5 heteroatoms. The zero-order valence-corrected chi connectivity index (χ0v) is 13.3. The van der Waals surface area contributed by atoms with Crippen molar-refractivity contribution in [3.63, 3.8) is 0 Å². The van der Waals surface area contributed by atoms with E-state index in [0.717, 1.165) is 29.7 Å². The Bertz CT molecular complexity index is 882. The van der Waals surface area contributed by atoms with Crippen molar-refractivity contribution in [2.24, 2.45) is 0 Å². The molecule has 1 fully saturated rings. The average Bonchev–Trinajstić information content (AvgIpc) is 3.16. The number of carbonyl (C=O) groups excluding carboxylic acids is 1. The molecular formula is C19H18N4O. The summed E-state index contributed by atoms with van der Waals surface area (Å²) < 4.78 is 0. The molecule has 1 saturated heterocycles. The molecule has 4 rings (SSSR count). The number of hydrogen-bond acceptors (Lipinski definition) is 4. The summed E-state index contributed by atoms with van der Waals surface area (Å²) in [6.45, 7) is 2.02. The van der Waals surface area contributed by atoms with Crippen LogP contribution in [0, 0.1) is 0 Å². The third-order valence-corrected chi connectivity index (χ3v) is 4.36. The fraction of sp³-hybridized carbons (Fsp3) is 0.211. The van der Waals surface area contributed by atoms with E-state index in [4.69, 9.17) is 0 Å². The van der Waals surface area contributed by atoms with E-state index in [1.165, 1.54) is 19.2 Å². The SMILES string of the molecule is O=C(Nc1cc(N2CCCC2)ncn1)c1cccc2ccccc12. The molecule has 3 aromatic rings. The molecule has 0 spiro atoms. The lowest BCUT2D eigenvalue weighted by Crippen LogP contribution is -2.20. The molecule has 0 unspecified atom stereocenters. The summed E-state index contributed by atoms with van der Waals surface area (Å²) in [5, 5.41) is 4.88. The van der Waals surface area contributed by atoms with Crippen LogP contribution in [0.3, 0.4) is 0 Å². The lowest BCUT2D eigenvalue weighted by molar-refractivity contribution is 0.102. The second-order valence-electron chi connectivity index (χ2n) is 5.94. The molecule has 0 saturated carbocycles. The standard InChI is InChI=1S/C19H18N4O/c24-19(16-9-5-7-14-6-1-2-8-15(14)16)22-17-12-18(21-13-20-17)23-10-3-4-11-23/h1-2,5-9,12-13H,3-4,10-11H2,(H,20,21,22,24). The minimum absolute atomic E-state index is 0.155. The zero-order valence-electron chi connectivity index (χ0n) is 13.3. The van der Waals surface area contributed by atoms with Crippen LogP contribution in [-0.4, -0.2) is 29.0 Å². The van der Waals surface area contributed by atoms with Crippen molar-refractivity contribution in [3.8, 4) is 0 Å². The van der Waals surface area contributed by atoms with E-state index in [9.17, 15) is 4.79 Å². The highest BCUT2D eigenvalue weighted by Crippen LogP contribution is 2.22. The Labute approximate surface area is 140 Å². The van der Waals surface area contributed by atoms with Gasteiger partial charge in [-0.1, -0.05) is 36.4 Å². The molecular weight excluding hydrogens is 300 g/mol. The van der Waals surface area contributed by atoms with Gasteiger partial charge >= 0.3 is 0 Å². The van der Waals surface area contributed by atoms with Gasteiger partial charge in [-0.3, -0.25) is 4.79 Å². The van der Waals surface area contributed by atoms with Crippen molar-refractivity contribution >= 4 is 28.3 Å². The van der Waals surface area contributed by atoms with E-state index in [0.29, 0.717) is 11.4 Å². The molecule has 0 bridgehead atoms. The number of anilines is 2. The number of nitrogens with zero attached hydrogens (tertiary/aromatic N) is 3. The maximum atomic E-state index is 12.7.